The second-order valence-corrected chi connectivity index (χ2v) is 8.42. The molecule has 1 N–H and O–H groups in total. The van der Waals surface area contributed by atoms with Crippen LogP contribution >= 0.6 is 23.4 Å². The number of carbonyl (C=O) groups is 2. The Morgan fingerprint density at radius 2 is 2.21 bits per heavy atom. The summed E-state index contributed by atoms with van der Waals surface area (Å²) in [6.45, 7) is 1.20. The van der Waals surface area contributed by atoms with Gasteiger partial charge in [0.15, 0.2) is 0 Å². The van der Waals surface area contributed by atoms with Crippen LogP contribution in [0.25, 0.3) is 0 Å². The van der Waals surface area contributed by atoms with Crippen molar-refractivity contribution in [3.8, 4) is 0 Å². The zero-order chi connectivity index (χ0) is 20.4. The summed E-state index contributed by atoms with van der Waals surface area (Å²) >= 11 is 7.55. The highest BCUT2D eigenvalue weighted by molar-refractivity contribution is 8.00. The second-order valence-electron chi connectivity index (χ2n) is 7.00. The van der Waals surface area contributed by atoms with Gasteiger partial charge in [0.2, 0.25) is 5.91 Å². The zero-order valence-corrected chi connectivity index (χ0v) is 17.2. The van der Waals surface area contributed by atoms with Crippen LogP contribution in [0, 0.1) is 5.82 Å². The third kappa shape index (κ3) is 4.42. The van der Waals surface area contributed by atoms with Crippen molar-refractivity contribution in [2.45, 2.75) is 30.4 Å². The molecule has 2 aliphatic rings. The number of amides is 2. The Kier molecular flexibility index (Phi) is 6.08. The van der Waals surface area contributed by atoms with Crippen LogP contribution in [0.1, 0.15) is 28.8 Å². The second kappa shape index (κ2) is 8.73. The molecule has 152 valence electrons. The summed E-state index contributed by atoms with van der Waals surface area (Å²) in [5, 5.41) is 3.15. The van der Waals surface area contributed by atoms with E-state index in [2.05, 4.69) is 5.32 Å². The van der Waals surface area contributed by atoms with E-state index in [1.165, 1.54) is 28.8 Å². The first-order valence-electron chi connectivity index (χ1n) is 9.43. The van der Waals surface area contributed by atoms with E-state index in [-0.39, 0.29) is 40.8 Å². The quantitative estimate of drug-likeness (QED) is 0.772. The normalized spacial score (nSPS) is 18.6. The van der Waals surface area contributed by atoms with Gasteiger partial charge in [-0.25, -0.2) is 4.39 Å². The molecule has 0 radical (unpaired) electrons. The molecule has 29 heavy (non-hydrogen) atoms. The molecule has 1 atom stereocenters. The van der Waals surface area contributed by atoms with Gasteiger partial charge in [-0.1, -0.05) is 17.7 Å². The minimum absolute atomic E-state index is 0.0128. The number of carbonyl (C=O) groups excluding carboxylic acids is 2. The van der Waals surface area contributed by atoms with Gasteiger partial charge in [-0.3, -0.25) is 9.59 Å². The first kappa shape index (κ1) is 20.2. The van der Waals surface area contributed by atoms with E-state index >= 15 is 0 Å². The average molecular weight is 435 g/mol. The third-order valence-electron chi connectivity index (χ3n) is 5.06. The van der Waals surface area contributed by atoms with E-state index in [0.29, 0.717) is 17.8 Å². The van der Waals surface area contributed by atoms with Gasteiger partial charge in [-0.15, -0.1) is 11.8 Å². The van der Waals surface area contributed by atoms with Gasteiger partial charge in [0, 0.05) is 34.2 Å². The average Bonchev–Trinajstić information content (AvgIpc) is 3.23. The molecular formula is C21H20ClFN2O3S. The van der Waals surface area contributed by atoms with Gasteiger partial charge >= 0.3 is 0 Å². The highest BCUT2D eigenvalue weighted by atomic mass is 35.5. The van der Waals surface area contributed by atoms with E-state index in [4.69, 9.17) is 16.3 Å². The number of hydrogen-bond acceptors (Lipinski definition) is 4. The monoisotopic (exact) mass is 434 g/mol. The fraction of sp³-hybridized carbons (Fsp3) is 0.333. The lowest BCUT2D eigenvalue weighted by Gasteiger charge is -2.30. The maximum atomic E-state index is 14.3. The Bertz CT molecular complexity index is 929. The number of ether oxygens (including phenoxy) is 1. The number of fused-ring (bicyclic) bond motifs is 1. The van der Waals surface area contributed by atoms with Crippen LogP contribution in [0.3, 0.4) is 0 Å². The smallest absolute Gasteiger partial charge is 0.251 e. The van der Waals surface area contributed by atoms with Crippen molar-refractivity contribution in [2.75, 3.05) is 23.8 Å². The highest BCUT2D eigenvalue weighted by Gasteiger charge is 2.27. The van der Waals surface area contributed by atoms with E-state index in [9.17, 15) is 14.0 Å². The molecule has 5 nitrogen and oxygen atoms in total. The van der Waals surface area contributed by atoms with Crippen molar-refractivity contribution in [3.05, 3.63) is 58.4 Å². The summed E-state index contributed by atoms with van der Waals surface area (Å²) in [4.78, 5) is 27.5. The molecule has 0 unspecified atom stereocenters. The number of nitrogens with zero attached hydrogens (tertiary/aromatic N) is 1. The summed E-state index contributed by atoms with van der Waals surface area (Å²) in [6.07, 6.45) is 1.99. The van der Waals surface area contributed by atoms with Crippen LogP contribution in [-0.2, 0) is 16.1 Å². The summed E-state index contributed by atoms with van der Waals surface area (Å²) in [5.74, 6) is -0.589. The molecule has 0 spiro atoms. The van der Waals surface area contributed by atoms with E-state index in [1.807, 2.05) is 6.07 Å². The fourth-order valence-electron chi connectivity index (χ4n) is 3.47. The molecule has 1 fully saturated rings. The number of hydrogen-bond donors (Lipinski definition) is 1. The molecule has 1 saturated heterocycles. The predicted octanol–water partition coefficient (Wildman–Crippen LogP) is 4.03. The first-order valence-corrected chi connectivity index (χ1v) is 10.8. The lowest BCUT2D eigenvalue weighted by molar-refractivity contribution is -0.116. The van der Waals surface area contributed by atoms with Gasteiger partial charge in [0.25, 0.3) is 5.91 Å². The lowest BCUT2D eigenvalue weighted by atomic mass is 10.1. The Labute approximate surface area is 177 Å². The maximum absolute atomic E-state index is 14.3. The summed E-state index contributed by atoms with van der Waals surface area (Å²) in [6, 6.07) is 9.68. The van der Waals surface area contributed by atoms with E-state index < -0.39 is 5.82 Å². The Balaban J connectivity index is 1.57. The van der Waals surface area contributed by atoms with Gasteiger partial charge in [-0.2, -0.15) is 0 Å². The Morgan fingerprint density at radius 3 is 2.97 bits per heavy atom. The summed E-state index contributed by atoms with van der Waals surface area (Å²) < 4.78 is 19.8. The van der Waals surface area contributed by atoms with E-state index in [0.717, 1.165) is 24.3 Å². The van der Waals surface area contributed by atoms with Crippen molar-refractivity contribution in [3.63, 3.8) is 0 Å². The minimum atomic E-state index is -0.462. The van der Waals surface area contributed by atoms with Gasteiger partial charge in [0.05, 0.1) is 24.1 Å². The number of anilines is 1. The van der Waals surface area contributed by atoms with Crippen LogP contribution in [0.4, 0.5) is 10.1 Å². The van der Waals surface area contributed by atoms with E-state index in [1.54, 1.807) is 18.2 Å². The number of rotatable bonds is 5. The molecule has 4 rings (SSSR count). The molecular weight excluding hydrogens is 415 g/mol. The first-order chi connectivity index (χ1) is 14.0. The van der Waals surface area contributed by atoms with Crippen LogP contribution in [0.5, 0.6) is 0 Å². The standard InChI is InChI=1S/C21H20ClFN2O3S/c22-16-4-1-5-17(23)15(16)11-25-18-9-13(6-7-19(18)29-12-20(25)26)21(27)24-10-14-3-2-8-28-14/h1,4-7,9,14H,2-3,8,10-12H2,(H,24,27)/t14-/m0/s1. The fourth-order valence-corrected chi connectivity index (χ4v) is 4.61. The van der Waals surface area contributed by atoms with Crippen molar-refractivity contribution in [1.82, 2.24) is 5.32 Å². The van der Waals surface area contributed by atoms with Crippen molar-refractivity contribution >= 4 is 40.9 Å². The predicted molar refractivity (Wildman–Crippen MR) is 111 cm³/mol. The summed E-state index contributed by atoms with van der Waals surface area (Å²) in [5.41, 5.74) is 1.30. The SMILES string of the molecule is O=C(NC[C@@H]1CCCO1)c1ccc2c(c1)N(Cc1c(F)cccc1Cl)C(=O)CS2. The van der Waals surface area contributed by atoms with Crippen LogP contribution in [0.15, 0.2) is 41.3 Å². The largest absolute Gasteiger partial charge is 0.376 e. The van der Waals surface area contributed by atoms with Gasteiger partial charge < -0.3 is 15.0 Å². The molecule has 2 amide bonds. The molecule has 2 aliphatic heterocycles. The van der Waals surface area contributed by atoms with Crippen LogP contribution < -0.4 is 10.2 Å². The Hall–Kier alpha value is -2.09. The maximum Gasteiger partial charge on any atom is 0.251 e. The van der Waals surface area contributed by atoms with Crippen molar-refractivity contribution in [1.29, 1.82) is 0 Å². The minimum Gasteiger partial charge on any atom is -0.376 e. The molecule has 2 aromatic rings. The van der Waals surface area contributed by atoms with Gasteiger partial charge in [-0.05, 0) is 43.2 Å². The molecule has 2 heterocycles. The summed E-state index contributed by atoms with van der Waals surface area (Å²) in [7, 11) is 0. The molecule has 0 saturated carbocycles. The number of thioether (sulfide) groups is 1. The zero-order valence-electron chi connectivity index (χ0n) is 15.6. The lowest BCUT2D eigenvalue weighted by Crippen LogP contribution is -2.36. The molecule has 0 aliphatic carbocycles. The topological polar surface area (TPSA) is 58.6 Å². The van der Waals surface area contributed by atoms with Crippen molar-refractivity contribution < 1.29 is 18.7 Å². The Morgan fingerprint density at radius 1 is 1.34 bits per heavy atom. The molecule has 8 heteroatoms. The number of benzene rings is 2. The molecule has 0 aromatic heterocycles. The highest BCUT2D eigenvalue weighted by Crippen LogP contribution is 2.37. The molecule has 0 bridgehead atoms. The third-order valence-corrected chi connectivity index (χ3v) is 6.46. The van der Waals surface area contributed by atoms with Gasteiger partial charge in [0.1, 0.15) is 5.82 Å². The van der Waals surface area contributed by atoms with Crippen LogP contribution in [0.2, 0.25) is 5.02 Å². The van der Waals surface area contributed by atoms with Crippen LogP contribution in [-0.4, -0.2) is 36.8 Å². The van der Waals surface area contributed by atoms with Crippen molar-refractivity contribution in [2.24, 2.45) is 0 Å². The molecule has 2 aromatic carbocycles. The number of nitrogens with one attached hydrogen (secondary N) is 1. The number of halogens is 2.